The summed E-state index contributed by atoms with van der Waals surface area (Å²) < 4.78 is 0. The van der Waals surface area contributed by atoms with Crippen molar-refractivity contribution in [3.63, 3.8) is 0 Å². The molecule has 0 unspecified atom stereocenters. The van der Waals surface area contributed by atoms with Crippen LogP contribution in [0, 0.1) is 20.2 Å². The number of nitro groups is 2. The zero-order chi connectivity index (χ0) is 27.3. The smallest absolute Gasteiger partial charge is 0.285 e. The number of nitrogens with zero attached hydrogens (tertiary/aromatic N) is 4. The standard InChI is InChI=1S/C27H16N6O6/c34-26-24(19-13-28-21-7-3-1-5-17(19)21)25(20-14-29-22-8-4-2-6-18(20)22)27(35)31(26)30-12-15-9-10-16(32(36)37)11-23(15)33(38)39/h1-14,28-29H/b30-12+. The Bertz CT molecular complexity index is 1840. The van der Waals surface area contributed by atoms with Gasteiger partial charge in [0.05, 0.1) is 38.8 Å². The van der Waals surface area contributed by atoms with Crippen molar-refractivity contribution in [3.05, 3.63) is 116 Å². The van der Waals surface area contributed by atoms with Crippen molar-refractivity contribution in [3.8, 4) is 0 Å². The summed E-state index contributed by atoms with van der Waals surface area (Å²) in [6.07, 6.45) is 4.27. The Balaban J connectivity index is 1.50. The van der Waals surface area contributed by atoms with Crippen molar-refractivity contribution in [2.24, 2.45) is 5.10 Å². The van der Waals surface area contributed by atoms with E-state index in [-0.39, 0.29) is 16.7 Å². The fraction of sp³-hybridized carbons (Fsp3) is 0. The number of carbonyl (C=O) groups is 2. The minimum Gasteiger partial charge on any atom is -0.361 e. The zero-order valence-corrected chi connectivity index (χ0v) is 19.8. The number of amides is 2. The number of nitrogens with one attached hydrogen (secondary N) is 2. The predicted octanol–water partition coefficient (Wildman–Crippen LogP) is 4.78. The SMILES string of the molecule is O=C1C(c2c[nH]c3ccccc23)=C(c2c[nH]c3ccccc23)C(=O)N1/N=C/c1ccc([N+](=O)[O-])cc1[N+](=O)[O-]. The molecule has 2 amide bonds. The maximum Gasteiger partial charge on any atom is 0.285 e. The average Bonchev–Trinajstić information content (AvgIpc) is 3.61. The van der Waals surface area contributed by atoms with E-state index in [4.69, 9.17) is 0 Å². The van der Waals surface area contributed by atoms with E-state index in [1.54, 1.807) is 12.4 Å². The molecule has 0 spiro atoms. The van der Waals surface area contributed by atoms with Gasteiger partial charge in [-0.05, 0) is 18.2 Å². The summed E-state index contributed by atoms with van der Waals surface area (Å²) in [6, 6.07) is 17.7. The van der Waals surface area contributed by atoms with Gasteiger partial charge >= 0.3 is 0 Å². The van der Waals surface area contributed by atoms with Gasteiger partial charge in [0.2, 0.25) is 0 Å². The molecule has 5 aromatic rings. The van der Waals surface area contributed by atoms with Gasteiger partial charge in [-0.2, -0.15) is 10.1 Å². The van der Waals surface area contributed by atoms with Crippen molar-refractivity contribution < 1.29 is 19.4 Å². The minimum atomic E-state index is -0.797. The summed E-state index contributed by atoms with van der Waals surface area (Å²) in [7, 11) is 0. The molecule has 0 bridgehead atoms. The van der Waals surface area contributed by atoms with Gasteiger partial charge in [0.15, 0.2) is 0 Å². The number of para-hydroxylation sites is 2. The fourth-order valence-electron chi connectivity index (χ4n) is 4.71. The monoisotopic (exact) mass is 520 g/mol. The van der Waals surface area contributed by atoms with Gasteiger partial charge in [-0.15, -0.1) is 0 Å². The van der Waals surface area contributed by atoms with Crippen LogP contribution in [0.25, 0.3) is 33.0 Å². The summed E-state index contributed by atoms with van der Waals surface area (Å²) in [5.41, 5.74) is 1.61. The van der Waals surface area contributed by atoms with Crippen molar-refractivity contribution in [1.82, 2.24) is 15.0 Å². The van der Waals surface area contributed by atoms with Crippen LogP contribution in [0.4, 0.5) is 11.4 Å². The quantitative estimate of drug-likeness (QED) is 0.141. The first-order valence-corrected chi connectivity index (χ1v) is 11.6. The molecule has 2 N–H and O–H groups in total. The highest BCUT2D eigenvalue weighted by Gasteiger charge is 2.41. The van der Waals surface area contributed by atoms with Crippen molar-refractivity contribution in [2.45, 2.75) is 0 Å². The molecule has 1 aliphatic heterocycles. The van der Waals surface area contributed by atoms with Gasteiger partial charge < -0.3 is 9.97 Å². The number of hydrazone groups is 1. The number of fused-ring (bicyclic) bond motifs is 2. The molecule has 12 heteroatoms. The van der Waals surface area contributed by atoms with Crippen LogP contribution in [0.3, 0.4) is 0 Å². The highest BCUT2D eigenvalue weighted by molar-refractivity contribution is 6.50. The Morgan fingerprint density at radius 2 is 1.28 bits per heavy atom. The maximum absolute atomic E-state index is 13.8. The second-order valence-electron chi connectivity index (χ2n) is 8.67. The highest BCUT2D eigenvalue weighted by atomic mass is 16.6. The lowest BCUT2D eigenvalue weighted by molar-refractivity contribution is -0.394. The molecule has 0 aliphatic carbocycles. The van der Waals surface area contributed by atoms with E-state index in [9.17, 15) is 29.8 Å². The van der Waals surface area contributed by atoms with Crippen LogP contribution in [-0.4, -0.2) is 42.9 Å². The molecule has 3 aromatic carbocycles. The van der Waals surface area contributed by atoms with Crippen LogP contribution in [0.5, 0.6) is 0 Å². The van der Waals surface area contributed by atoms with E-state index in [1.165, 1.54) is 0 Å². The number of aromatic nitrogens is 2. The van der Waals surface area contributed by atoms with Gasteiger partial charge in [-0.3, -0.25) is 29.8 Å². The van der Waals surface area contributed by atoms with Gasteiger partial charge in [0.1, 0.15) is 0 Å². The third-order valence-corrected chi connectivity index (χ3v) is 6.51. The van der Waals surface area contributed by atoms with Crippen LogP contribution in [0.15, 0.2) is 84.2 Å². The fourth-order valence-corrected chi connectivity index (χ4v) is 4.71. The maximum atomic E-state index is 13.8. The highest BCUT2D eigenvalue weighted by Crippen LogP contribution is 2.40. The van der Waals surface area contributed by atoms with Gasteiger partial charge in [-0.25, -0.2) is 0 Å². The molecule has 0 saturated heterocycles. The molecular formula is C27H16N6O6. The second kappa shape index (κ2) is 8.88. The largest absolute Gasteiger partial charge is 0.361 e. The Labute approximate surface area is 218 Å². The first-order valence-electron chi connectivity index (χ1n) is 11.6. The molecule has 39 heavy (non-hydrogen) atoms. The molecule has 0 radical (unpaired) electrons. The number of nitro benzene ring substituents is 2. The van der Waals surface area contributed by atoms with Crippen LogP contribution in [-0.2, 0) is 9.59 Å². The number of hydrogen-bond donors (Lipinski definition) is 2. The molecule has 0 saturated carbocycles. The van der Waals surface area contributed by atoms with Crippen molar-refractivity contribution in [1.29, 1.82) is 0 Å². The van der Waals surface area contributed by atoms with E-state index >= 15 is 0 Å². The van der Waals surface area contributed by atoms with Gasteiger partial charge in [0.25, 0.3) is 23.2 Å². The number of hydrogen-bond acceptors (Lipinski definition) is 7. The van der Waals surface area contributed by atoms with E-state index in [0.717, 1.165) is 46.2 Å². The first-order chi connectivity index (χ1) is 18.8. The first kappa shape index (κ1) is 23.5. The van der Waals surface area contributed by atoms with E-state index in [1.807, 2.05) is 48.5 Å². The molecule has 3 heterocycles. The summed E-state index contributed by atoms with van der Waals surface area (Å²) in [5, 5.41) is 28.7. The minimum absolute atomic E-state index is 0.111. The van der Waals surface area contributed by atoms with Crippen LogP contribution < -0.4 is 0 Å². The number of carbonyl (C=O) groups excluding carboxylic acids is 2. The van der Waals surface area contributed by atoms with E-state index in [0.29, 0.717) is 16.1 Å². The molecule has 0 fully saturated rings. The van der Waals surface area contributed by atoms with E-state index < -0.39 is 33.0 Å². The number of imide groups is 1. The number of H-pyrrole nitrogens is 2. The van der Waals surface area contributed by atoms with Crippen molar-refractivity contribution >= 4 is 62.4 Å². The average molecular weight is 520 g/mol. The summed E-state index contributed by atoms with van der Waals surface area (Å²) in [5.74, 6) is -1.43. The second-order valence-corrected chi connectivity index (χ2v) is 8.67. The summed E-state index contributed by atoms with van der Waals surface area (Å²) in [4.78, 5) is 54.8. The lowest BCUT2D eigenvalue weighted by atomic mass is 9.95. The molecule has 1 aliphatic rings. The van der Waals surface area contributed by atoms with Crippen LogP contribution in [0.2, 0.25) is 0 Å². The molecular weight excluding hydrogens is 504 g/mol. The van der Waals surface area contributed by atoms with Gasteiger partial charge in [0, 0.05) is 51.4 Å². The summed E-state index contributed by atoms with van der Waals surface area (Å²) in [6.45, 7) is 0. The molecule has 2 aromatic heterocycles. The number of non-ortho nitro benzene ring substituents is 1. The lowest BCUT2D eigenvalue weighted by Crippen LogP contribution is -2.26. The summed E-state index contributed by atoms with van der Waals surface area (Å²) >= 11 is 0. The lowest BCUT2D eigenvalue weighted by Gasteiger charge is -2.08. The van der Waals surface area contributed by atoms with Crippen LogP contribution >= 0.6 is 0 Å². The Morgan fingerprint density at radius 3 is 1.79 bits per heavy atom. The Morgan fingerprint density at radius 1 is 0.744 bits per heavy atom. The molecule has 190 valence electrons. The van der Waals surface area contributed by atoms with Gasteiger partial charge in [-0.1, -0.05) is 36.4 Å². The Kier molecular flexibility index (Phi) is 5.35. The number of rotatable bonds is 6. The molecule has 12 nitrogen and oxygen atoms in total. The van der Waals surface area contributed by atoms with Crippen molar-refractivity contribution in [2.75, 3.05) is 0 Å². The normalized spacial score (nSPS) is 13.9. The number of benzene rings is 3. The Hall–Kier alpha value is -5.91. The van der Waals surface area contributed by atoms with Crippen LogP contribution in [0.1, 0.15) is 16.7 Å². The molecule has 0 atom stereocenters. The zero-order valence-electron chi connectivity index (χ0n) is 19.8. The topological polar surface area (TPSA) is 168 Å². The number of aromatic amines is 2. The third-order valence-electron chi connectivity index (χ3n) is 6.51. The van der Waals surface area contributed by atoms with E-state index in [2.05, 4.69) is 15.1 Å². The predicted molar refractivity (Wildman–Crippen MR) is 143 cm³/mol. The molecule has 6 rings (SSSR count). The third kappa shape index (κ3) is 3.74.